The van der Waals surface area contributed by atoms with Crippen molar-refractivity contribution < 1.29 is 18.7 Å². The van der Waals surface area contributed by atoms with Gasteiger partial charge in [-0.3, -0.25) is 15.5 Å². The zero-order valence-electron chi connectivity index (χ0n) is 17.2. The first-order valence-corrected chi connectivity index (χ1v) is 11.0. The molecule has 2 unspecified atom stereocenters. The number of nitrogens with zero attached hydrogens (tertiary/aromatic N) is 1. The van der Waals surface area contributed by atoms with Gasteiger partial charge >= 0.3 is 0 Å². The van der Waals surface area contributed by atoms with Crippen molar-refractivity contribution in [3.05, 3.63) is 0 Å². The van der Waals surface area contributed by atoms with Crippen LogP contribution in [0.1, 0.15) is 64.7 Å². The molecule has 1 saturated heterocycles. The molecule has 0 radical (unpaired) electrons. The largest absolute Gasteiger partial charge is 0.394 e. The van der Waals surface area contributed by atoms with E-state index in [1.54, 1.807) is 6.92 Å². The van der Waals surface area contributed by atoms with E-state index >= 15 is 0 Å². The van der Waals surface area contributed by atoms with Crippen molar-refractivity contribution >= 4 is 11.9 Å². The molecule has 0 aromatic rings. The lowest BCUT2D eigenvalue weighted by Gasteiger charge is -2.28. The number of nitrogens with one attached hydrogen (secondary N) is 4. The van der Waals surface area contributed by atoms with E-state index in [0.717, 1.165) is 19.3 Å². The highest BCUT2D eigenvalue weighted by Crippen LogP contribution is 2.31. The summed E-state index contributed by atoms with van der Waals surface area (Å²) in [4.78, 5) is 17.2. The van der Waals surface area contributed by atoms with Crippen molar-refractivity contribution in [1.29, 1.82) is 0 Å². The molecule has 1 heterocycles. The van der Waals surface area contributed by atoms with Crippen LogP contribution in [0.25, 0.3) is 0 Å². The Kier molecular flexibility index (Phi) is 8.20. The van der Waals surface area contributed by atoms with Crippen molar-refractivity contribution in [2.45, 2.75) is 95.3 Å². The van der Waals surface area contributed by atoms with Crippen LogP contribution in [0, 0.1) is 11.8 Å². The number of carbonyl (C=O) groups is 1. The molecule has 0 spiro atoms. The van der Waals surface area contributed by atoms with Crippen molar-refractivity contribution in [1.82, 2.24) is 21.5 Å². The topological polar surface area (TPSA) is 97.8 Å². The number of aliphatic imine (C=N–C) groups is 1. The third kappa shape index (κ3) is 6.58. The molecule has 1 amide bonds. The van der Waals surface area contributed by atoms with Gasteiger partial charge in [0.05, 0.1) is 6.61 Å². The zero-order valence-corrected chi connectivity index (χ0v) is 17.2. The maximum Gasteiger partial charge on any atom is 0.229 e. The van der Waals surface area contributed by atoms with Gasteiger partial charge in [0.15, 0.2) is 5.96 Å². The van der Waals surface area contributed by atoms with Gasteiger partial charge in [-0.2, -0.15) is 0 Å². The molecule has 2 aliphatic carbocycles. The summed E-state index contributed by atoms with van der Waals surface area (Å²) in [6.07, 6.45) is 3.95. The third-order valence-electron chi connectivity index (χ3n) is 6.39. The number of rotatable bonds is 5. The van der Waals surface area contributed by atoms with Gasteiger partial charge in [0.25, 0.3) is 0 Å². The maximum absolute atomic E-state index is 13.4. The molecule has 9 heteroatoms. The minimum Gasteiger partial charge on any atom is -0.394 e. The average molecular weight is 416 g/mol. The summed E-state index contributed by atoms with van der Waals surface area (Å²) in [5, 5.41) is 15.3. The number of hydrogen-bond donors (Lipinski definition) is 5. The van der Waals surface area contributed by atoms with E-state index in [1.807, 2.05) is 0 Å². The third-order valence-corrected chi connectivity index (χ3v) is 6.39. The van der Waals surface area contributed by atoms with Crippen molar-refractivity contribution in [2.24, 2.45) is 16.8 Å². The van der Waals surface area contributed by atoms with Crippen molar-refractivity contribution in [3.63, 3.8) is 0 Å². The predicted octanol–water partition coefficient (Wildman–Crippen LogP) is 1.68. The lowest BCUT2D eigenvalue weighted by Crippen LogP contribution is -2.49. The molecule has 3 atom stereocenters. The van der Waals surface area contributed by atoms with E-state index in [1.165, 1.54) is 0 Å². The van der Waals surface area contributed by atoms with Gasteiger partial charge in [-0.1, -0.05) is 0 Å². The first-order chi connectivity index (χ1) is 13.9. The quantitative estimate of drug-likeness (QED) is 0.348. The number of amides is 1. The highest BCUT2D eigenvalue weighted by atomic mass is 19.1. The van der Waals surface area contributed by atoms with E-state index in [4.69, 9.17) is 0 Å². The lowest BCUT2D eigenvalue weighted by atomic mass is 9.82. The molecule has 166 valence electrons. The Morgan fingerprint density at radius 3 is 2.31 bits per heavy atom. The minimum absolute atomic E-state index is 0.0900. The van der Waals surface area contributed by atoms with Crippen LogP contribution in [0.15, 0.2) is 4.99 Å². The van der Waals surface area contributed by atoms with E-state index in [2.05, 4.69) is 26.5 Å². The number of aliphatic hydroxyl groups excluding tert-OH is 1. The molecule has 1 aliphatic heterocycles. The molecule has 3 rings (SSSR count). The number of alkyl halides is 2. The summed E-state index contributed by atoms with van der Waals surface area (Å²) in [5.41, 5.74) is 6.44. The molecule has 29 heavy (non-hydrogen) atoms. The van der Waals surface area contributed by atoms with Crippen LogP contribution < -0.4 is 21.5 Å². The van der Waals surface area contributed by atoms with E-state index in [9.17, 15) is 18.7 Å². The Hall–Kier alpha value is -1.32. The molecule has 3 aliphatic rings. The molecular weight excluding hydrogens is 380 g/mol. The Labute approximate surface area is 171 Å². The number of hydrogen-bond acceptors (Lipinski definition) is 5. The van der Waals surface area contributed by atoms with Crippen LogP contribution in [0.3, 0.4) is 0 Å². The second-order valence-corrected chi connectivity index (χ2v) is 8.80. The summed E-state index contributed by atoms with van der Waals surface area (Å²) >= 11 is 0. The fraction of sp³-hybridized carbons (Fsp3) is 0.900. The van der Waals surface area contributed by atoms with E-state index in [0.29, 0.717) is 50.4 Å². The maximum atomic E-state index is 13.4. The molecule has 3 fully saturated rings. The Morgan fingerprint density at radius 2 is 1.69 bits per heavy atom. The van der Waals surface area contributed by atoms with E-state index < -0.39 is 12.3 Å². The summed E-state index contributed by atoms with van der Waals surface area (Å²) in [6.45, 7) is 1.71. The standard InChI is InChI=1S/C20H35F2N5O2/c1-12(11-28)23-20(25-19(29)14-4-8-16(22)9-5-14)24-18-10-17(26-27-18)13-2-6-15(21)7-3-13/h12-18,26-28H,2-11H2,1H3,(H2,23,24,25,29)/t12-,13?,14?,15?,16?,17?,18?/m0/s1. The summed E-state index contributed by atoms with van der Waals surface area (Å²) in [5.74, 6) is 0.382. The van der Waals surface area contributed by atoms with Crippen LogP contribution >= 0.6 is 0 Å². The zero-order chi connectivity index (χ0) is 20.8. The molecule has 0 bridgehead atoms. The van der Waals surface area contributed by atoms with E-state index in [-0.39, 0.29) is 36.7 Å². The summed E-state index contributed by atoms with van der Waals surface area (Å²) < 4.78 is 26.7. The Bertz CT molecular complexity index is 563. The normalized spacial score (nSPS) is 37.2. The fourth-order valence-electron chi connectivity index (χ4n) is 4.51. The Balaban J connectivity index is 1.57. The van der Waals surface area contributed by atoms with Gasteiger partial charge in [-0.25, -0.2) is 19.2 Å². The van der Waals surface area contributed by atoms with Crippen LogP contribution in [-0.4, -0.2) is 54.2 Å². The average Bonchev–Trinajstić information content (AvgIpc) is 3.17. The number of aliphatic hydroxyl groups is 1. The molecule has 5 N–H and O–H groups in total. The highest BCUT2D eigenvalue weighted by Gasteiger charge is 2.33. The fourth-order valence-corrected chi connectivity index (χ4v) is 4.51. The van der Waals surface area contributed by atoms with Crippen LogP contribution in [0.4, 0.5) is 8.78 Å². The lowest BCUT2D eigenvalue weighted by molar-refractivity contribution is -0.124. The first-order valence-electron chi connectivity index (χ1n) is 11.0. The van der Waals surface area contributed by atoms with Gasteiger partial charge < -0.3 is 10.4 Å². The number of guanidine groups is 1. The smallest absolute Gasteiger partial charge is 0.229 e. The Morgan fingerprint density at radius 1 is 1.07 bits per heavy atom. The summed E-state index contributed by atoms with van der Waals surface area (Å²) in [6, 6.07) is -0.0380. The first kappa shape index (κ1) is 22.4. The SMILES string of the molecule is C[C@@H](CO)N/C(=N\C1CC(C2CCC(F)CC2)NN1)NC(=O)C1CCC(F)CC1. The van der Waals surface area contributed by atoms with Crippen LogP contribution in [0.2, 0.25) is 0 Å². The molecular formula is C20H35F2N5O2. The molecule has 2 saturated carbocycles. The van der Waals surface area contributed by atoms with Gasteiger partial charge in [0.1, 0.15) is 18.5 Å². The van der Waals surface area contributed by atoms with Crippen LogP contribution in [0.5, 0.6) is 0 Å². The molecule has 0 aromatic heterocycles. The van der Waals surface area contributed by atoms with Crippen molar-refractivity contribution in [3.8, 4) is 0 Å². The second-order valence-electron chi connectivity index (χ2n) is 8.80. The number of hydrazine groups is 1. The second kappa shape index (κ2) is 10.6. The highest BCUT2D eigenvalue weighted by molar-refractivity contribution is 5.98. The van der Waals surface area contributed by atoms with Gasteiger partial charge in [-0.15, -0.1) is 0 Å². The predicted molar refractivity (Wildman–Crippen MR) is 107 cm³/mol. The van der Waals surface area contributed by atoms with Crippen molar-refractivity contribution in [2.75, 3.05) is 6.61 Å². The molecule has 7 nitrogen and oxygen atoms in total. The van der Waals surface area contributed by atoms with Gasteiger partial charge in [0.2, 0.25) is 5.91 Å². The monoisotopic (exact) mass is 415 g/mol. The number of carbonyl (C=O) groups excluding carboxylic acids is 1. The number of halogens is 2. The van der Waals surface area contributed by atoms with Crippen LogP contribution in [-0.2, 0) is 4.79 Å². The summed E-state index contributed by atoms with van der Waals surface area (Å²) in [7, 11) is 0. The van der Waals surface area contributed by atoms with Gasteiger partial charge in [0, 0.05) is 24.4 Å². The van der Waals surface area contributed by atoms with Gasteiger partial charge in [-0.05, 0) is 64.2 Å². The molecule has 0 aromatic carbocycles. The minimum atomic E-state index is -0.808.